The lowest BCUT2D eigenvalue weighted by Crippen LogP contribution is -2.25. The van der Waals surface area contributed by atoms with E-state index in [4.69, 9.17) is 0 Å². The van der Waals surface area contributed by atoms with Crippen LogP contribution in [-0.4, -0.2) is 16.7 Å². The number of hydrogen-bond acceptors (Lipinski definition) is 2. The summed E-state index contributed by atoms with van der Waals surface area (Å²) in [6, 6.07) is 8.27. The Balaban J connectivity index is 0.00000144. The van der Waals surface area contributed by atoms with Crippen LogP contribution < -0.4 is 5.01 Å². The molecule has 0 amide bonds. The summed E-state index contributed by atoms with van der Waals surface area (Å²) < 4.78 is 2.18. The fourth-order valence-corrected chi connectivity index (χ4v) is 1.84. The average Bonchev–Trinajstić information content (AvgIpc) is 2.78. The van der Waals surface area contributed by atoms with E-state index < -0.39 is 0 Å². The van der Waals surface area contributed by atoms with Crippen LogP contribution in [0.2, 0.25) is 0 Å². The summed E-state index contributed by atoms with van der Waals surface area (Å²) in [4.78, 5) is 4.03. The number of aromatic nitrogens is 2. The Bertz CT molecular complexity index is 439. The summed E-state index contributed by atoms with van der Waals surface area (Å²) in [6.07, 6.45) is 7.98. The summed E-state index contributed by atoms with van der Waals surface area (Å²) in [5.74, 6) is 0. The molecule has 0 atom stereocenters. The van der Waals surface area contributed by atoms with E-state index in [1.165, 1.54) is 5.69 Å². The van der Waals surface area contributed by atoms with Gasteiger partial charge in [-0.2, -0.15) is 0 Å². The number of aryl methyl sites for hydroxylation is 1. The molecule has 0 saturated heterocycles. The van der Waals surface area contributed by atoms with Gasteiger partial charge in [0.25, 0.3) is 0 Å². The van der Waals surface area contributed by atoms with Gasteiger partial charge in [0.05, 0.1) is 5.69 Å². The lowest BCUT2D eigenvalue weighted by atomic mass is 10.2. The normalized spacial score (nSPS) is 9.76. The van der Waals surface area contributed by atoms with E-state index in [0.717, 1.165) is 18.5 Å². The molecular formula is C13H18ClN3. The van der Waals surface area contributed by atoms with Gasteiger partial charge in [-0.25, -0.2) is 0 Å². The molecule has 0 aliphatic rings. The molecule has 0 radical (unpaired) electrons. The van der Waals surface area contributed by atoms with Crippen molar-refractivity contribution in [3.05, 3.63) is 48.5 Å². The zero-order valence-electron chi connectivity index (χ0n) is 10.2. The molecule has 0 aliphatic heterocycles. The molecule has 0 aromatic carbocycles. The van der Waals surface area contributed by atoms with Crippen LogP contribution in [-0.2, 0) is 6.42 Å². The second-order valence-corrected chi connectivity index (χ2v) is 3.82. The fourth-order valence-electron chi connectivity index (χ4n) is 1.84. The topological polar surface area (TPSA) is 21.1 Å². The molecule has 0 bridgehead atoms. The monoisotopic (exact) mass is 251 g/mol. The third-order valence-electron chi connectivity index (χ3n) is 2.68. The van der Waals surface area contributed by atoms with Gasteiger partial charge in [0.2, 0.25) is 0 Å². The molecule has 17 heavy (non-hydrogen) atoms. The van der Waals surface area contributed by atoms with Gasteiger partial charge in [0.15, 0.2) is 0 Å². The van der Waals surface area contributed by atoms with Crippen LogP contribution in [0, 0.1) is 0 Å². The summed E-state index contributed by atoms with van der Waals surface area (Å²) in [5.41, 5.74) is 2.48. The lowest BCUT2D eigenvalue weighted by molar-refractivity contribution is 0.710. The Kier molecular flexibility index (Phi) is 5.04. The Labute approximate surface area is 108 Å². The van der Waals surface area contributed by atoms with E-state index in [1.54, 1.807) is 0 Å². The van der Waals surface area contributed by atoms with Crippen LogP contribution in [0.1, 0.15) is 19.0 Å². The number of rotatable bonds is 4. The quantitative estimate of drug-likeness (QED) is 0.832. The lowest BCUT2D eigenvalue weighted by Gasteiger charge is -2.23. The van der Waals surface area contributed by atoms with Crippen molar-refractivity contribution in [1.82, 2.24) is 9.66 Å². The van der Waals surface area contributed by atoms with Gasteiger partial charge >= 0.3 is 0 Å². The molecule has 0 fully saturated rings. The van der Waals surface area contributed by atoms with Crippen molar-refractivity contribution in [3.63, 3.8) is 0 Å². The van der Waals surface area contributed by atoms with Crippen LogP contribution >= 0.6 is 12.4 Å². The first kappa shape index (κ1) is 13.6. The van der Waals surface area contributed by atoms with Crippen LogP contribution in [0.4, 0.5) is 5.69 Å². The van der Waals surface area contributed by atoms with E-state index in [9.17, 15) is 0 Å². The van der Waals surface area contributed by atoms with E-state index in [1.807, 2.05) is 24.5 Å². The molecule has 0 N–H and O–H groups in total. The fraction of sp³-hybridized carbons (Fsp3) is 0.308. The van der Waals surface area contributed by atoms with Gasteiger partial charge in [-0.1, -0.05) is 13.3 Å². The predicted octanol–water partition coefficient (Wildman–Crippen LogP) is 3.16. The first-order valence-electron chi connectivity index (χ1n) is 5.63. The Morgan fingerprint density at radius 2 is 1.94 bits per heavy atom. The Morgan fingerprint density at radius 1 is 1.24 bits per heavy atom. The van der Waals surface area contributed by atoms with Gasteiger partial charge in [-0.3, -0.25) is 14.7 Å². The van der Waals surface area contributed by atoms with Crippen molar-refractivity contribution in [2.45, 2.75) is 19.8 Å². The third-order valence-corrected chi connectivity index (χ3v) is 2.68. The molecule has 2 aromatic rings. The van der Waals surface area contributed by atoms with Crippen molar-refractivity contribution < 1.29 is 0 Å². The first-order chi connectivity index (χ1) is 7.83. The van der Waals surface area contributed by atoms with Gasteiger partial charge < -0.3 is 0 Å². The van der Waals surface area contributed by atoms with Crippen LogP contribution in [0.5, 0.6) is 0 Å². The third kappa shape index (κ3) is 3.01. The maximum Gasteiger partial charge on any atom is 0.0605 e. The van der Waals surface area contributed by atoms with Crippen LogP contribution in [0.25, 0.3) is 0 Å². The zero-order valence-corrected chi connectivity index (χ0v) is 11.0. The standard InChI is InChI=1S/C13H17N3.ClH/c1-3-5-13-6-4-11-16(13)15(2)12-7-9-14-10-8-12;/h4,6-11H,3,5H2,1-2H3;1H. The minimum atomic E-state index is 0. The van der Waals surface area contributed by atoms with E-state index >= 15 is 0 Å². The van der Waals surface area contributed by atoms with Crippen molar-refractivity contribution in [3.8, 4) is 0 Å². The number of hydrogen-bond donors (Lipinski definition) is 0. The number of pyridine rings is 1. The molecule has 4 heteroatoms. The molecule has 3 nitrogen and oxygen atoms in total. The number of halogens is 1. The molecular weight excluding hydrogens is 234 g/mol. The highest BCUT2D eigenvalue weighted by molar-refractivity contribution is 5.85. The minimum Gasteiger partial charge on any atom is -0.285 e. The van der Waals surface area contributed by atoms with Gasteiger partial charge in [0.1, 0.15) is 0 Å². The van der Waals surface area contributed by atoms with Gasteiger partial charge in [-0.15, -0.1) is 12.4 Å². The second-order valence-electron chi connectivity index (χ2n) is 3.82. The van der Waals surface area contributed by atoms with Gasteiger partial charge in [-0.05, 0) is 30.7 Å². The van der Waals surface area contributed by atoms with Crippen LogP contribution in [0.3, 0.4) is 0 Å². The zero-order chi connectivity index (χ0) is 11.4. The number of nitrogens with zero attached hydrogens (tertiary/aromatic N) is 3. The summed E-state index contributed by atoms with van der Waals surface area (Å²) in [5, 5.41) is 2.13. The highest BCUT2D eigenvalue weighted by Crippen LogP contribution is 2.14. The highest BCUT2D eigenvalue weighted by atomic mass is 35.5. The predicted molar refractivity (Wildman–Crippen MR) is 73.7 cm³/mol. The van der Waals surface area contributed by atoms with E-state index in [-0.39, 0.29) is 12.4 Å². The largest absolute Gasteiger partial charge is 0.285 e. The first-order valence-corrected chi connectivity index (χ1v) is 5.63. The second kappa shape index (κ2) is 6.30. The average molecular weight is 252 g/mol. The smallest absolute Gasteiger partial charge is 0.0605 e. The summed E-state index contributed by atoms with van der Waals surface area (Å²) in [6.45, 7) is 2.20. The van der Waals surface area contributed by atoms with Crippen molar-refractivity contribution in [2.75, 3.05) is 12.1 Å². The van der Waals surface area contributed by atoms with Crippen LogP contribution in [0.15, 0.2) is 42.9 Å². The molecule has 92 valence electrons. The summed E-state index contributed by atoms with van der Waals surface area (Å²) >= 11 is 0. The maximum atomic E-state index is 4.03. The molecule has 2 heterocycles. The Morgan fingerprint density at radius 3 is 2.59 bits per heavy atom. The maximum absolute atomic E-state index is 4.03. The minimum absolute atomic E-state index is 0. The molecule has 0 aliphatic carbocycles. The van der Waals surface area contributed by atoms with Crippen molar-refractivity contribution >= 4 is 18.1 Å². The molecule has 2 aromatic heterocycles. The Hall–Kier alpha value is -1.48. The van der Waals surface area contributed by atoms with Gasteiger partial charge in [0, 0.05) is 31.3 Å². The number of anilines is 1. The van der Waals surface area contributed by atoms with Crippen molar-refractivity contribution in [1.29, 1.82) is 0 Å². The summed E-state index contributed by atoms with van der Waals surface area (Å²) in [7, 11) is 2.06. The van der Waals surface area contributed by atoms with Crippen molar-refractivity contribution in [2.24, 2.45) is 0 Å². The van der Waals surface area contributed by atoms with E-state index in [0.29, 0.717) is 0 Å². The van der Waals surface area contributed by atoms with E-state index in [2.05, 4.69) is 47.0 Å². The SMILES string of the molecule is CCCc1cccn1N(C)c1ccncc1.Cl. The molecule has 2 rings (SSSR count). The molecule has 0 spiro atoms. The molecule has 0 unspecified atom stereocenters. The highest BCUT2D eigenvalue weighted by Gasteiger charge is 2.05. The molecule has 0 saturated carbocycles.